The predicted molar refractivity (Wildman–Crippen MR) is 107 cm³/mol. The first-order valence-electron chi connectivity index (χ1n) is 10.5. The van der Waals surface area contributed by atoms with Crippen molar-refractivity contribution in [2.75, 3.05) is 26.2 Å². The molecule has 2 amide bonds. The number of rotatable bonds is 4. The second-order valence-corrected chi connectivity index (χ2v) is 9.71. The molecule has 3 heterocycles. The van der Waals surface area contributed by atoms with Crippen LogP contribution in [-0.4, -0.2) is 62.9 Å². The van der Waals surface area contributed by atoms with Crippen molar-refractivity contribution in [3.8, 4) is 5.75 Å². The van der Waals surface area contributed by atoms with Crippen LogP contribution in [0.1, 0.15) is 43.5 Å². The normalized spacial score (nSPS) is 23.1. The molecular weight excluding hydrogens is 409 g/mol. The Kier molecular flexibility index (Phi) is 4.04. The van der Waals surface area contributed by atoms with Gasteiger partial charge in [0.1, 0.15) is 12.4 Å². The molecule has 6 rings (SSSR count). The number of carbonyl (C=O) groups excluding carboxylic acids is 1. The molecular formula is C21H23ClFN5O2. The van der Waals surface area contributed by atoms with E-state index in [0.29, 0.717) is 30.1 Å². The van der Waals surface area contributed by atoms with Crippen molar-refractivity contribution in [1.29, 1.82) is 0 Å². The van der Waals surface area contributed by atoms with Gasteiger partial charge in [-0.15, -0.1) is 0 Å². The molecule has 4 fully saturated rings. The maximum absolute atomic E-state index is 13.8. The molecule has 1 spiro atoms. The molecule has 0 radical (unpaired) electrons. The van der Waals surface area contributed by atoms with Gasteiger partial charge in [0, 0.05) is 29.4 Å². The highest BCUT2D eigenvalue weighted by molar-refractivity contribution is 6.30. The topological polar surface area (TPSA) is 63.5 Å². The Bertz CT molecular complexity index is 989. The lowest BCUT2D eigenvalue weighted by Gasteiger charge is -2.59. The van der Waals surface area contributed by atoms with E-state index < -0.39 is 5.82 Å². The largest absolute Gasteiger partial charge is 0.484 e. The van der Waals surface area contributed by atoms with Crippen LogP contribution < -0.4 is 4.74 Å². The molecule has 0 bridgehead atoms. The summed E-state index contributed by atoms with van der Waals surface area (Å²) in [5.74, 6) is 1.28. The van der Waals surface area contributed by atoms with Gasteiger partial charge in [-0.2, -0.15) is 5.10 Å². The number of urea groups is 1. The van der Waals surface area contributed by atoms with Gasteiger partial charge in [0.15, 0.2) is 17.4 Å². The van der Waals surface area contributed by atoms with Gasteiger partial charge in [0.25, 0.3) is 0 Å². The highest BCUT2D eigenvalue weighted by Crippen LogP contribution is 2.54. The van der Waals surface area contributed by atoms with Crippen molar-refractivity contribution in [2.24, 2.45) is 5.41 Å². The average Bonchev–Trinajstić information content (AvgIpc) is 3.35. The third-order valence-electron chi connectivity index (χ3n) is 6.81. The molecule has 4 aliphatic rings. The Balaban J connectivity index is 0.959. The summed E-state index contributed by atoms with van der Waals surface area (Å²) >= 11 is 5.76. The molecule has 2 saturated heterocycles. The molecule has 2 aliphatic heterocycles. The van der Waals surface area contributed by atoms with E-state index in [0.717, 1.165) is 31.8 Å². The maximum atomic E-state index is 13.8. The molecule has 0 unspecified atom stereocenters. The Morgan fingerprint density at radius 2 is 1.97 bits per heavy atom. The Morgan fingerprint density at radius 1 is 1.20 bits per heavy atom. The summed E-state index contributed by atoms with van der Waals surface area (Å²) in [6, 6.07) is 4.82. The number of halogens is 2. The summed E-state index contributed by atoms with van der Waals surface area (Å²) in [6.07, 6.45) is 6.24. The van der Waals surface area contributed by atoms with E-state index in [4.69, 9.17) is 16.3 Å². The quantitative estimate of drug-likeness (QED) is 0.743. The summed E-state index contributed by atoms with van der Waals surface area (Å²) < 4.78 is 21.5. The summed E-state index contributed by atoms with van der Waals surface area (Å²) in [6.45, 7) is 2.58. The van der Waals surface area contributed by atoms with E-state index in [1.807, 2.05) is 15.9 Å². The van der Waals surface area contributed by atoms with Gasteiger partial charge >= 0.3 is 6.03 Å². The predicted octanol–water partition coefficient (Wildman–Crippen LogP) is 3.47. The van der Waals surface area contributed by atoms with E-state index in [1.54, 1.807) is 11.0 Å². The highest BCUT2D eigenvalue weighted by atomic mass is 35.5. The van der Waals surface area contributed by atoms with Crippen molar-refractivity contribution >= 4 is 17.6 Å². The molecule has 1 aromatic carbocycles. The zero-order valence-corrected chi connectivity index (χ0v) is 17.3. The monoisotopic (exact) mass is 431 g/mol. The fourth-order valence-electron chi connectivity index (χ4n) is 4.90. The average molecular weight is 432 g/mol. The number of hydrogen-bond donors (Lipinski definition) is 0. The van der Waals surface area contributed by atoms with Gasteiger partial charge in [0.2, 0.25) is 0 Å². The first-order valence-corrected chi connectivity index (χ1v) is 10.9. The molecule has 9 heteroatoms. The Hall–Kier alpha value is -2.35. The molecule has 0 atom stereocenters. The zero-order chi connectivity index (χ0) is 20.5. The number of aromatic nitrogens is 3. The number of nitrogens with zero attached hydrogens (tertiary/aromatic N) is 5. The second kappa shape index (κ2) is 6.57. The maximum Gasteiger partial charge on any atom is 0.320 e. The molecule has 0 N–H and O–H groups in total. The van der Waals surface area contributed by atoms with Crippen molar-refractivity contribution < 1.29 is 13.9 Å². The minimum Gasteiger partial charge on any atom is -0.484 e. The van der Waals surface area contributed by atoms with Gasteiger partial charge in [-0.05, 0) is 43.9 Å². The minimum atomic E-state index is -0.479. The summed E-state index contributed by atoms with van der Waals surface area (Å²) in [4.78, 5) is 20.8. The summed E-state index contributed by atoms with van der Waals surface area (Å²) in [5.41, 5.74) is 0.249. The van der Waals surface area contributed by atoms with E-state index >= 15 is 0 Å². The van der Waals surface area contributed by atoms with E-state index in [-0.39, 0.29) is 23.3 Å². The van der Waals surface area contributed by atoms with Crippen molar-refractivity contribution in [1.82, 2.24) is 24.6 Å². The fourth-order valence-corrected chi connectivity index (χ4v) is 5.05. The van der Waals surface area contributed by atoms with Crippen LogP contribution in [0.15, 0.2) is 24.5 Å². The number of hydrogen-bond acceptors (Lipinski definition) is 4. The van der Waals surface area contributed by atoms with E-state index in [1.165, 1.54) is 25.0 Å². The van der Waals surface area contributed by atoms with Gasteiger partial charge in [-0.25, -0.2) is 18.9 Å². The third kappa shape index (κ3) is 3.12. The first kappa shape index (κ1) is 18.4. The molecule has 7 nitrogen and oxygen atoms in total. The SMILES string of the molecule is O=C(N1CC(Oc2ccc(Cl)cc2F)C1)N1CC2(CC(n3cnc(C4CC4)n3)C2)C1. The Morgan fingerprint density at radius 3 is 2.67 bits per heavy atom. The van der Waals surface area contributed by atoms with Crippen LogP contribution in [-0.2, 0) is 0 Å². The lowest BCUT2D eigenvalue weighted by Crippen LogP contribution is -2.69. The number of amides is 2. The molecule has 30 heavy (non-hydrogen) atoms. The van der Waals surface area contributed by atoms with Crippen molar-refractivity contribution in [2.45, 2.75) is 43.7 Å². The zero-order valence-electron chi connectivity index (χ0n) is 16.5. The van der Waals surface area contributed by atoms with E-state index in [9.17, 15) is 9.18 Å². The first-order chi connectivity index (χ1) is 14.5. The van der Waals surface area contributed by atoms with Crippen LogP contribution in [0, 0.1) is 11.2 Å². The number of benzene rings is 1. The number of carbonyl (C=O) groups is 1. The molecule has 1 aromatic heterocycles. The van der Waals surface area contributed by atoms with Crippen LogP contribution in [0.5, 0.6) is 5.75 Å². The molecule has 2 saturated carbocycles. The van der Waals surface area contributed by atoms with Gasteiger partial charge < -0.3 is 14.5 Å². The minimum absolute atomic E-state index is 0.0530. The third-order valence-corrected chi connectivity index (χ3v) is 7.04. The number of ether oxygens (including phenoxy) is 1. The van der Waals surface area contributed by atoms with Gasteiger partial charge in [-0.3, -0.25) is 0 Å². The lowest BCUT2D eigenvalue weighted by atomic mass is 9.61. The second-order valence-electron chi connectivity index (χ2n) is 9.28. The van der Waals surface area contributed by atoms with Crippen LogP contribution in [0.2, 0.25) is 5.02 Å². The van der Waals surface area contributed by atoms with E-state index in [2.05, 4.69) is 10.1 Å². The van der Waals surface area contributed by atoms with Crippen LogP contribution >= 0.6 is 11.6 Å². The van der Waals surface area contributed by atoms with Gasteiger partial charge in [-0.1, -0.05) is 11.6 Å². The Labute approximate surface area is 178 Å². The molecule has 2 aliphatic carbocycles. The summed E-state index contributed by atoms with van der Waals surface area (Å²) in [5, 5.41) is 4.98. The smallest absolute Gasteiger partial charge is 0.320 e. The van der Waals surface area contributed by atoms with Gasteiger partial charge in [0.05, 0.1) is 19.1 Å². The van der Waals surface area contributed by atoms with Crippen LogP contribution in [0.25, 0.3) is 0 Å². The fraction of sp³-hybridized carbons (Fsp3) is 0.571. The summed E-state index contributed by atoms with van der Waals surface area (Å²) in [7, 11) is 0. The number of likely N-dealkylation sites (tertiary alicyclic amines) is 2. The molecule has 158 valence electrons. The standard InChI is InChI=1S/C21H23ClFN5O2/c22-14-3-4-18(17(23)5-14)30-16-8-26(9-16)20(29)27-10-21(11-27)6-15(7-21)28-12-24-19(25-28)13-1-2-13/h3-5,12-13,15-16H,1-2,6-11H2. The highest BCUT2D eigenvalue weighted by Gasteiger charge is 2.55. The van der Waals surface area contributed by atoms with Crippen LogP contribution in [0.4, 0.5) is 9.18 Å². The van der Waals surface area contributed by atoms with Crippen molar-refractivity contribution in [3.63, 3.8) is 0 Å². The van der Waals surface area contributed by atoms with Crippen LogP contribution in [0.3, 0.4) is 0 Å². The lowest BCUT2D eigenvalue weighted by molar-refractivity contribution is -0.0818. The molecule has 2 aromatic rings. The van der Waals surface area contributed by atoms with Crippen molar-refractivity contribution in [3.05, 3.63) is 41.2 Å².